The van der Waals surface area contributed by atoms with E-state index in [2.05, 4.69) is 0 Å². The summed E-state index contributed by atoms with van der Waals surface area (Å²) in [7, 11) is 0. The van der Waals surface area contributed by atoms with Gasteiger partial charge in [-0.25, -0.2) is 4.39 Å². The van der Waals surface area contributed by atoms with E-state index >= 15 is 4.39 Å². The fourth-order valence-electron chi connectivity index (χ4n) is 5.42. The zero-order chi connectivity index (χ0) is 27.5. The van der Waals surface area contributed by atoms with Crippen molar-refractivity contribution in [1.82, 2.24) is 9.58 Å². The van der Waals surface area contributed by atoms with Crippen molar-refractivity contribution < 1.29 is 18.7 Å². The van der Waals surface area contributed by atoms with Gasteiger partial charge in [0.05, 0.1) is 6.61 Å². The molecule has 1 atom stereocenters. The van der Waals surface area contributed by atoms with Crippen molar-refractivity contribution in [3.63, 3.8) is 0 Å². The first kappa shape index (κ1) is 25.7. The quantitative estimate of drug-likeness (QED) is 0.354. The Bertz CT molecular complexity index is 1560. The van der Waals surface area contributed by atoms with Crippen molar-refractivity contribution in [2.24, 2.45) is 0 Å². The number of carbonyl (C=O) groups is 1. The van der Waals surface area contributed by atoms with Crippen molar-refractivity contribution in [2.45, 2.75) is 31.9 Å². The molecule has 0 aliphatic carbocycles. The van der Waals surface area contributed by atoms with E-state index in [0.29, 0.717) is 18.7 Å². The molecule has 204 valence electrons. The van der Waals surface area contributed by atoms with Gasteiger partial charge in [-0.05, 0) is 36.5 Å². The maximum atomic E-state index is 15.3. The minimum absolute atomic E-state index is 0.000625. The third kappa shape index (κ3) is 4.93. The van der Waals surface area contributed by atoms with Gasteiger partial charge in [0, 0.05) is 24.4 Å². The molecule has 0 N–H and O–H groups in total. The van der Waals surface area contributed by atoms with Crippen LogP contribution in [0.15, 0.2) is 95.9 Å². The lowest BCUT2D eigenvalue weighted by molar-refractivity contribution is 0.0670. The molecule has 0 spiro atoms. The van der Waals surface area contributed by atoms with E-state index in [1.807, 2.05) is 71.7 Å². The molecule has 7 nitrogen and oxygen atoms in total. The average Bonchev–Trinajstić information content (AvgIpc) is 2.97. The molecule has 2 aliphatic rings. The summed E-state index contributed by atoms with van der Waals surface area (Å²) in [5, 5.41) is 1.98. The summed E-state index contributed by atoms with van der Waals surface area (Å²) in [6.45, 7) is 1.27. The third-order valence-corrected chi connectivity index (χ3v) is 7.37. The van der Waals surface area contributed by atoms with Crippen LogP contribution in [-0.4, -0.2) is 35.3 Å². The predicted molar refractivity (Wildman–Crippen MR) is 150 cm³/mol. The number of pyridine rings is 1. The second kappa shape index (κ2) is 11.3. The van der Waals surface area contributed by atoms with Gasteiger partial charge in [0.15, 0.2) is 23.0 Å². The molecule has 6 rings (SSSR count). The molecule has 3 heterocycles. The Morgan fingerprint density at radius 2 is 1.65 bits per heavy atom. The monoisotopic (exact) mass is 539 g/mol. The Labute approximate surface area is 232 Å². The first-order valence-corrected chi connectivity index (χ1v) is 13.6. The van der Waals surface area contributed by atoms with Crippen LogP contribution in [0.3, 0.4) is 0 Å². The van der Waals surface area contributed by atoms with Gasteiger partial charge in [-0.2, -0.15) is 0 Å². The maximum Gasteiger partial charge on any atom is 0.277 e. The second-order valence-corrected chi connectivity index (χ2v) is 10.0. The average molecular weight is 540 g/mol. The first-order chi connectivity index (χ1) is 19.6. The standard InChI is InChI=1S/C32H30FN3O4/c33-26-16-10-15-25-28(24-13-6-2-7-14-24)36-22-34(18-8-3-9-20-39-30(25)26)32(38)29-31(27(37)17-19-35(29)36)40-21-23-11-4-1-5-12-23/h1-2,4-7,10-17,19,28H,3,8-9,18,20-22H2. The number of ether oxygens (including phenoxy) is 2. The molecule has 1 aromatic heterocycles. The highest BCUT2D eigenvalue weighted by molar-refractivity contribution is 5.96. The van der Waals surface area contributed by atoms with E-state index in [9.17, 15) is 9.59 Å². The van der Waals surface area contributed by atoms with E-state index in [4.69, 9.17) is 9.47 Å². The molecule has 1 amide bonds. The van der Waals surface area contributed by atoms with Gasteiger partial charge >= 0.3 is 0 Å². The summed E-state index contributed by atoms with van der Waals surface area (Å²) in [4.78, 5) is 28.9. The minimum atomic E-state index is -0.523. The first-order valence-electron chi connectivity index (χ1n) is 13.6. The Morgan fingerprint density at radius 1 is 0.875 bits per heavy atom. The summed E-state index contributed by atoms with van der Waals surface area (Å²) in [6.07, 6.45) is 3.90. The number of para-hydroxylation sites is 1. The molecule has 0 saturated carbocycles. The predicted octanol–water partition coefficient (Wildman–Crippen LogP) is 5.27. The fourth-order valence-corrected chi connectivity index (χ4v) is 5.42. The van der Waals surface area contributed by atoms with Gasteiger partial charge < -0.3 is 14.4 Å². The van der Waals surface area contributed by atoms with E-state index in [1.54, 1.807) is 21.8 Å². The molecule has 40 heavy (non-hydrogen) atoms. The number of halogens is 1. The van der Waals surface area contributed by atoms with Crippen LogP contribution in [0.1, 0.15) is 52.5 Å². The highest BCUT2D eigenvalue weighted by Gasteiger charge is 2.38. The smallest absolute Gasteiger partial charge is 0.277 e. The van der Waals surface area contributed by atoms with E-state index < -0.39 is 11.9 Å². The van der Waals surface area contributed by atoms with Crippen LogP contribution < -0.4 is 19.9 Å². The number of hydrogen-bond acceptors (Lipinski definition) is 5. The molecule has 1 unspecified atom stereocenters. The van der Waals surface area contributed by atoms with Crippen LogP contribution in [-0.2, 0) is 6.61 Å². The van der Waals surface area contributed by atoms with Crippen molar-refractivity contribution in [1.29, 1.82) is 0 Å². The number of fused-ring (bicyclic) bond motifs is 5. The molecule has 8 heteroatoms. The van der Waals surface area contributed by atoms with Crippen molar-refractivity contribution in [3.05, 3.63) is 130 Å². The number of hydrogen-bond donors (Lipinski definition) is 0. The Balaban J connectivity index is 1.54. The third-order valence-electron chi connectivity index (χ3n) is 7.37. The second-order valence-electron chi connectivity index (χ2n) is 10.0. The van der Waals surface area contributed by atoms with Crippen LogP contribution >= 0.6 is 0 Å². The lowest BCUT2D eigenvalue weighted by atomic mass is 9.96. The highest BCUT2D eigenvalue weighted by Crippen LogP contribution is 2.38. The Morgan fingerprint density at radius 3 is 2.45 bits per heavy atom. The van der Waals surface area contributed by atoms with Gasteiger partial charge in [-0.1, -0.05) is 72.8 Å². The van der Waals surface area contributed by atoms with Crippen LogP contribution in [0, 0.1) is 5.82 Å². The molecule has 0 radical (unpaired) electrons. The van der Waals surface area contributed by atoms with Crippen LogP contribution in [0.2, 0.25) is 0 Å². The molecule has 2 bridgehead atoms. The maximum absolute atomic E-state index is 15.3. The summed E-state index contributed by atoms with van der Waals surface area (Å²) < 4.78 is 29.1. The largest absolute Gasteiger partial charge is 0.490 e. The molecule has 0 saturated heterocycles. The number of amides is 1. The fraction of sp³-hybridized carbons (Fsp3) is 0.250. The molecule has 2 aliphatic heterocycles. The number of carbonyl (C=O) groups excluding carboxylic acids is 1. The van der Waals surface area contributed by atoms with Crippen molar-refractivity contribution in [2.75, 3.05) is 24.8 Å². The summed E-state index contributed by atoms with van der Waals surface area (Å²) >= 11 is 0. The van der Waals surface area contributed by atoms with E-state index in [-0.39, 0.29) is 41.8 Å². The SMILES string of the molecule is O=C1c2c(OCc3ccccc3)c(=O)ccn2N2CN1CCCCCOc1c(F)cccc1C2c1ccccc1. The molecule has 3 aromatic carbocycles. The molecular weight excluding hydrogens is 509 g/mol. The Hall–Kier alpha value is -4.59. The summed E-state index contributed by atoms with van der Waals surface area (Å²) in [5.41, 5.74) is 2.20. The lowest BCUT2D eigenvalue weighted by Crippen LogP contribution is -2.56. The lowest BCUT2D eigenvalue weighted by Gasteiger charge is -2.44. The Kier molecular flexibility index (Phi) is 7.23. The van der Waals surface area contributed by atoms with Gasteiger partial charge in [0.25, 0.3) is 5.91 Å². The summed E-state index contributed by atoms with van der Waals surface area (Å²) in [6, 6.07) is 25.1. The number of benzene rings is 3. The van der Waals surface area contributed by atoms with Crippen LogP contribution in [0.25, 0.3) is 0 Å². The number of nitrogens with zero attached hydrogens (tertiary/aromatic N) is 3. The van der Waals surface area contributed by atoms with E-state index in [1.165, 1.54) is 12.1 Å². The van der Waals surface area contributed by atoms with Gasteiger partial charge in [-0.15, -0.1) is 0 Å². The van der Waals surface area contributed by atoms with Gasteiger partial charge in [0.1, 0.15) is 19.3 Å². The van der Waals surface area contributed by atoms with Gasteiger partial charge in [0.2, 0.25) is 5.43 Å². The summed E-state index contributed by atoms with van der Waals surface area (Å²) in [5.74, 6) is -0.506. The van der Waals surface area contributed by atoms with Gasteiger partial charge in [-0.3, -0.25) is 19.3 Å². The number of rotatable bonds is 4. The van der Waals surface area contributed by atoms with E-state index in [0.717, 1.165) is 30.4 Å². The van der Waals surface area contributed by atoms with Crippen LogP contribution in [0.5, 0.6) is 11.5 Å². The number of aromatic nitrogens is 1. The molecule has 0 fully saturated rings. The van der Waals surface area contributed by atoms with Crippen molar-refractivity contribution >= 4 is 5.91 Å². The topological polar surface area (TPSA) is 64.0 Å². The highest BCUT2D eigenvalue weighted by atomic mass is 19.1. The molecule has 4 aromatic rings. The molecular formula is C32H30FN3O4. The minimum Gasteiger partial charge on any atom is -0.490 e. The normalized spacial score (nSPS) is 17.1. The zero-order valence-electron chi connectivity index (χ0n) is 22.0. The van der Waals surface area contributed by atoms with Crippen molar-refractivity contribution in [3.8, 4) is 11.5 Å². The van der Waals surface area contributed by atoms with Crippen LogP contribution in [0.4, 0.5) is 4.39 Å². The zero-order valence-corrected chi connectivity index (χ0v) is 22.0.